The highest BCUT2D eigenvalue weighted by atomic mass is 16.5. The first-order chi connectivity index (χ1) is 15.1. The van der Waals surface area contributed by atoms with Crippen molar-refractivity contribution in [1.29, 1.82) is 0 Å². The van der Waals surface area contributed by atoms with E-state index in [2.05, 4.69) is 25.5 Å². The number of aliphatic hydroxyl groups is 1. The summed E-state index contributed by atoms with van der Waals surface area (Å²) < 4.78 is 11.5. The number of rotatable bonds is 13. The van der Waals surface area contributed by atoms with Crippen LogP contribution < -0.4 is 20.1 Å². The summed E-state index contributed by atoms with van der Waals surface area (Å²) >= 11 is 0. The summed E-state index contributed by atoms with van der Waals surface area (Å²) in [5, 5.41) is 16.0. The van der Waals surface area contributed by atoms with Gasteiger partial charge in [-0.05, 0) is 58.0 Å². The third-order valence-corrected chi connectivity index (χ3v) is 5.55. The maximum atomic E-state index is 9.76. The van der Waals surface area contributed by atoms with Crippen molar-refractivity contribution in [1.82, 2.24) is 14.9 Å². The summed E-state index contributed by atoms with van der Waals surface area (Å²) in [7, 11) is 3.45. The van der Waals surface area contributed by atoms with Gasteiger partial charge in [0.2, 0.25) is 5.95 Å². The second kappa shape index (κ2) is 11.7. The van der Waals surface area contributed by atoms with Crippen molar-refractivity contribution in [3.8, 4) is 11.5 Å². The van der Waals surface area contributed by atoms with Gasteiger partial charge in [-0.3, -0.25) is 0 Å². The lowest BCUT2D eigenvalue weighted by Gasteiger charge is -2.30. The predicted octanol–water partition coefficient (Wildman–Crippen LogP) is 3.44. The standard InChI is InChI=1S/C23H35N5O3/c1-17-13-22(24-2)27-23(25-17)26-19-8-9-20(30-3)21(14-19)31-16-18(15-29)7-4-5-10-28-11-6-12-28/h8-9,13-14,18,29H,4-7,10-12,15-16H2,1-3H3,(H2,24,25,26,27)/t18-/m0/s1. The average Bonchev–Trinajstić information content (AvgIpc) is 2.74. The Bertz CT molecular complexity index is 829. The number of benzene rings is 1. The van der Waals surface area contributed by atoms with E-state index in [9.17, 15) is 5.11 Å². The van der Waals surface area contributed by atoms with Crippen molar-refractivity contribution >= 4 is 17.5 Å². The Morgan fingerprint density at radius 2 is 2.00 bits per heavy atom. The topological polar surface area (TPSA) is 91.8 Å². The molecule has 0 amide bonds. The fourth-order valence-electron chi connectivity index (χ4n) is 3.56. The minimum Gasteiger partial charge on any atom is -0.493 e. The molecule has 31 heavy (non-hydrogen) atoms. The zero-order chi connectivity index (χ0) is 22.1. The number of aliphatic hydroxyl groups excluding tert-OH is 1. The average molecular weight is 430 g/mol. The van der Waals surface area contributed by atoms with Crippen molar-refractivity contribution in [2.75, 3.05) is 57.6 Å². The highest BCUT2D eigenvalue weighted by molar-refractivity contribution is 5.60. The van der Waals surface area contributed by atoms with Crippen LogP contribution in [0.4, 0.5) is 17.5 Å². The maximum absolute atomic E-state index is 9.76. The SMILES string of the molecule is CNc1cc(C)nc(Nc2ccc(OC)c(OC[C@H](CO)CCCCN3CCC3)c2)n1. The van der Waals surface area contributed by atoms with Gasteiger partial charge in [0.05, 0.1) is 13.7 Å². The molecule has 1 aliphatic heterocycles. The highest BCUT2D eigenvalue weighted by Crippen LogP contribution is 2.32. The Morgan fingerprint density at radius 1 is 1.16 bits per heavy atom. The van der Waals surface area contributed by atoms with Crippen molar-refractivity contribution in [3.63, 3.8) is 0 Å². The molecular weight excluding hydrogens is 394 g/mol. The minimum atomic E-state index is 0.107. The number of hydrogen-bond donors (Lipinski definition) is 3. The van der Waals surface area contributed by atoms with E-state index in [4.69, 9.17) is 9.47 Å². The lowest BCUT2D eigenvalue weighted by molar-refractivity contribution is 0.145. The number of likely N-dealkylation sites (tertiary alicyclic amines) is 1. The van der Waals surface area contributed by atoms with Crippen LogP contribution in [-0.4, -0.2) is 67.0 Å². The Balaban J connectivity index is 1.57. The number of hydrogen-bond acceptors (Lipinski definition) is 8. The highest BCUT2D eigenvalue weighted by Gasteiger charge is 2.15. The van der Waals surface area contributed by atoms with Crippen LogP contribution in [0.5, 0.6) is 11.5 Å². The van der Waals surface area contributed by atoms with E-state index in [-0.39, 0.29) is 12.5 Å². The summed E-state index contributed by atoms with van der Waals surface area (Å²) in [5.74, 6) is 2.65. The van der Waals surface area contributed by atoms with E-state index in [0.717, 1.165) is 36.6 Å². The summed E-state index contributed by atoms with van der Waals surface area (Å²) in [6.07, 6.45) is 4.55. The number of unbranched alkanes of at least 4 members (excludes halogenated alkanes) is 1. The summed E-state index contributed by atoms with van der Waals surface area (Å²) in [6.45, 7) is 6.13. The van der Waals surface area contributed by atoms with Crippen LogP contribution in [0.15, 0.2) is 24.3 Å². The number of nitrogens with one attached hydrogen (secondary N) is 2. The number of ether oxygens (including phenoxy) is 2. The van der Waals surface area contributed by atoms with Gasteiger partial charge in [-0.1, -0.05) is 6.42 Å². The summed E-state index contributed by atoms with van der Waals surface area (Å²) in [6, 6.07) is 7.51. The molecule has 0 radical (unpaired) electrons. The monoisotopic (exact) mass is 429 g/mol. The zero-order valence-corrected chi connectivity index (χ0v) is 18.9. The molecule has 3 rings (SSSR count). The van der Waals surface area contributed by atoms with Crippen molar-refractivity contribution in [3.05, 3.63) is 30.0 Å². The van der Waals surface area contributed by atoms with Gasteiger partial charge in [0.25, 0.3) is 0 Å². The molecule has 0 bridgehead atoms. The molecule has 0 aliphatic carbocycles. The Kier molecular flexibility index (Phi) is 8.73. The van der Waals surface area contributed by atoms with E-state index < -0.39 is 0 Å². The normalized spacial score (nSPS) is 14.6. The molecule has 1 aromatic heterocycles. The molecule has 1 saturated heterocycles. The van der Waals surface area contributed by atoms with Crippen molar-refractivity contribution in [2.45, 2.75) is 32.6 Å². The number of methoxy groups -OCH3 is 1. The van der Waals surface area contributed by atoms with Gasteiger partial charge in [-0.2, -0.15) is 4.98 Å². The molecule has 170 valence electrons. The first-order valence-electron chi connectivity index (χ1n) is 11.1. The first-order valence-corrected chi connectivity index (χ1v) is 11.1. The molecule has 2 aromatic rings. The molecule has 0 saturated carbocycles. The second-order valence-electron chi connectivity index (χ2n) is 8.01. The Labute approximate surface area is 185 Å². The van der Waals surface area contributed by atoms with Gasteiger partial charge in [-0.25, -0.2) is 4.98 Å². The third-order valence-electron chi connectivity index (χ3n) is 5.55. The van der Waals surface area contributed by atoms with Gasteiger partial charge in [0, 0.05) is 43.1 Å². The number of anilines is 3. The Morgan fingerprint density at radius 3 is 2.68 bits per heavy atom. The smallest absolute Gasteiger partial charge is 0.229 e. The second-order valence-corrected chi connectivity index (χ2v) is 8.01. The van der Waals surface area contributed by atoms with Crippen LogP contribution >= 0.6 is 0 Å². The van der Waals surface area contributed by atoms with Crippen LogP contribution in [0.3, 0.4) is 0 Å². The molecule has 3 N–H and O–H groups in total. The quantitative estimate of drug-likeness (QED) is 0.417. The Hall–Kier alpha value is -2.58. The molecule has 8 nitrogen and oxygen atoms in total. The van der Waals surface area contributed by atoms with Gasteiger partial charge >= 0.3 is 0 Å². The molecule has 2 heterocycles. The largest absolute Gasteiger partial charge is 0.493 e. The van der Waals surface area contributed by atoms with E-state index in [1.807, 2.05) is 38.2 Å². The van der Waals surface area contributed by atoms with Crippen LogP contribution in [0.25, 0.3) is 0 Å². The molecule has 8 heteroatoms. The molecule has 0 spiro atoms. The van der Waals surface area contributed by atoms with Crippen LogP contribution in [0, 0.1) is 12.8 Å². The number of aromatic nitrogens is 2. The van der Waals surface area contributed by atoms with Crippen LogP contribution in [0.1, 0.15) is 31.4 Å². The third kappa shape index (κ3) is 6.97. The number of aryl methyl sites for hydroxylation is 1. The molecule has 1 atom stereocenters. The van der Waals surface area contributed by atoms with Gasteiger partial charge in [-0.15, -0.1) is 0 Å². The first kappa shape index (κ1) is 23.1. The van der Waals surface area contributed by atoms with E-state index in [0.29, 0.717) is 24.1 Å². The lowest BCUT2D eigenvalue weighted by atomic mass is 10.0. The van der Waals surface area contributed by atoms with Crippen LogP contribution in [0.2, 0.25) is 0 Å². The predicted molar refractivity (Wildman–Crippen MR) is 124 cm³/mol. The van der Waals surface area contributed by atoms with Gasteiger partial charge < -0.3 is 30.1 Å². The van der Waals surface area contributed by atoms with E-state index in [1.165, 1.54) is 25.9 Å². The fraction of sp³-hybridized carbons (Fsp3) is 0.565. The molecule has 0 unspecified atom stereocenters. The summed E-state index contributed by atoms with van der Waals surface area (Å²) in [5.41, 5.74) is 1.67. The van der Waals surface area contributed by atoms with E-state index in [1.54, 1.807) is 7.11 Å². The summed E-state index contributed by atoms with van der Waals surface area (Å²) in [4.78, 5) is 11.3. The molecule has 1 fully saturated rings. The fourth-order valence-corrected chi connectivity index (χ4v) is 3.56. The molecule has 1 aromatic carbocycles. The van der Waals surface area contributed by atoms with Crippen molar-refractivity contribution in [2.24, 2.45) is 5.92 Å². The minimum absolute atomic E-state index is 0.107. The van der Waals surface area contributed by atoms with Crippen molar-refractivity contribution < 1.29 is 14.6 Å². The van der Waals surface area contributed by atoms with Gasteiger partial charge in [0.1, 0.15) is 5.82 Å². The van der Waals surface area contributed by atoms with Gasteiger partial charge in [0.15, 0.2) is 11.5 Å². The molecular formula is C23H35N5O3. The number of nitrogens with zero attached hydrogens (tertiary/aromatic N) is 3. The van der Waals surface area contributed by atoms with E-state index >= 15 is 0 Å². The lowest BCUT2D eigenvalue weighted by Crippen LogP contribution is -2.37. The maximum Gasteiger partial charge on any atom is 0.229 e. The molecule has 1 aliphatic rings. The van der Waals surface area contributed by atoms with Crippen LogP contribution in [-0.2, 0) is 0 Å². The zero-order valence-electron chi connectivity index (χ0n) is 18.9.